The van der Waals surface area contributed by atoms with Crippen molar-refractivity contribution in [3.05, 3.63) is 71.0 Å². The summed E-state index contributed by atoms with van der Waals surface area (Å²) in [5.41, 5.74) is 2.71. The van der Waals surface area contributed by atoms with Crippen molar-refractivity contribution >= 4 is 11.9 Å². The van der Waals surface area contributed by atoms with E-state index in [0.29, 0.717) is 18.7 Å². The van der Waals surface area contributed by atoms with Gasteiger partial charge in [-0.25, -0.2) is 9.38 Å². The van der Waals surface area contributed by atoms with Crippen LogP contribution in [0.2, 0.25) is 0 Å². The third-order valence-corrected chi connectivity index (χ3v) is 5.20. The van der Waals surface area contributed by atoms with Gasteiger partial charge in [0.05, 0.1) is 6.54 Å². The number of hydrogen-bond acceptors (Lipinski definition) is 2. The van der Waals surface area contributed by atoms with Crippen molar-refractivity contribution < 1.29 is 9.18 Å². The molecule has 0 saturated heterocycles. The van der Waals surface area contributed by atoms with Crippen LogP contribution >= 0.6 is 0 Å². The van der Waals surface area contributed by atoms with Crippen molar-refractivity contribution in [1.82, 2.24) is 16.0 Å². The Bertz CT molecular complexity index is 859. The normalized spacial score (nSPS) is 14.9. The number of amides is 1. The first-order chi connectivity index (χ1) is 14.1. The molecule has 6 heteroatoms. The molecule has 3 N–H and O–H groups in total. The smallest absolute Gasteiger partial charge is 0.251 e. The predicted octanol–water partition coefficient (Wildman–Crippen LogP) is 3.36. The highest BCUT2D eigenvalue weighted by Gasteiger charge is 2.44. The minimum absolute atomic E-state index is 0.00736. The molecule has 0 radical (unpaired) electrons. The van der Waals surface area contributed by atoms with E-state index in [1.54, 1.807) is 12.1 Å². The van der Waals surface area contributed by atoms with Crippen molar-refractivity contribution in [2.45, 2.75) is 38.6 Å². The highest BCUT2D eigenvalue weighted by atomic mass is 19.1. The number of hydrogen-bond donors (Lipinski definition) is 3. The fraction of sp³-hybridized carbons (Fsp3) is 0.391. The summed E-state index contributed by atoms with van der Waals surface area (Å²) in [6, 6.07) is 14.4. The van der Waals surface area contributed by atoms with Crippen LogP contribution in [0.25, 0.3) is 0 Å². The van der Waals surface area contributed by atoms with E-state index in [4.69, 9.17) is 0 Å². The second-order valence-corrected chi connectivity index (χ2v) is 7.40. The number of aliphatic imine (C=N–C) groups is 1. The Labute approximate surface area is 171 Å². The summed E-state index contributed by atoms with van der Waals surface area (Å²) in [6.07, 6.45) is 2.09. The molecule has 1 aliphatic carbocycles. The van der Waals surface area contributed by atoms with Crippen LogP contribution in [0.5, 0.6) is 0 Å². The number of benzene rings is 2. The molecule has 0 unspecified atom stereocenters. The Balaban J connectivity index is 1.61. The lowest BCUT2D eigenvalue weighted by Crippen LogP contribution is -2.41. The molecular weight excluding hydrogens is 367 g/mol. The number of halogens is 1. The van der Waals surface area contributed by atoms with E-state index >= 15 is 0 Å². The molecule has 3 rings (SSSR count). The third-order valence-electron chi connectivity index (χ3n) is 5.20. The van der Waals surface area contributed by atoms with Gasteiger partial charge < -0.3 is 16.0 Å². The molecule has 0 aromatic heterocycles. The van der Waals surface area contributed by atoms with E-state index in [0.717, 1.165) is 43.0 Å². The Morgan fingerprint density at radius 3 is 2.38 bits per heavy atom. The highest BCUT2D eigenvalue weighted by Crippen LogP contribution is 2.47. The summed E-state index contributed by atoms with van der Waals surface area (Å²) >= 11 is 0. The zero-order chi connectivity index (χ0) is 20.7. The largest absolute Gasteiger partial charge is 0.357 e. The maximum Gasteiger partial charge on any atom is 0.251 e. The molecule has 2 aromatic carbocycles. The summed E-state index contributed by atoms with van der Waals surface area (Å²) in [5, 5.41) is 9.47. The third kappa shape index (κ3) is 5.56. The van der Waals surface area contributed by atoms with Gasteiger partial charge in [-0.15, -0.1) is 0 Å². The van der Waals surface area contributed by atoms with E-state index in [1.165, 1.54) is 6.07 Å². The van der Waals surface area contributed by atoms with Gasteiger partial charge >= 0.3 is 0 Å². The monoisotopic (exact) mass is 396 g/mol. The highest BCUT2D eigenvalue weighted by molar-refractivity contribution is 5.94. The summed E-state index contributed by atoms with van der Waals surface area (Å²) < 4.78 is 13.6. The Morgan fingerprint density at radius 1 is 1.03 bits per heavy atom. The van der Waals surface area contributed by atoms with Gasteiger partial charge in [-0.2, -0.15) is 0 Å². The molecule has 1 aliphatic rings. The molecule has 154 valence electrons. The molecule has 0 atom stereocenters. The maximum atomic E-state index is 13.6. The second-order valence-electron chi connectivity index (χ2n) is 7.40. The Kier molecular flexibility index (Phi) is 6.86. The average Bonchev–Trinajstić information content (AvgIpc) is 3.52. The van der Waals surface area contributed by atoms with Gasteiger partial charge in [-0.1, -0.05) is 24.3 Å². The summed E-state index contributed by atoms with van der Waals surface area (Å²) in [6.45, 7) is 6.53. The van der Waals surface area contributed by atoms with Gasteiger partial charge in [0, 0.05) is 30.6 Å². The van der Waals surface area contributed by atoms with Crippen LogP contribution in [0.15, 0.2) is 53.5 Å². The Morgan fingerprint density at radius 2 is 1.76 bits per heavy atom. The first kappa shape index (κ1) is 20.8. The van der Waals surface area contributed by atoms with E-state index in [-0.39, 0.29) is 17.1 Å². The number of nitrogens with zero attached hydrogens (tertiary/aromatic N) is 1. The van der Waals surface area contributed by atoms with Crippen LogP contribution in [-0.4, -0.2) is 31.5 Å². The molecule has 1 saturated carbocycles. The first-order valence-corrected chi connectivity index (χ1v) is 10.2. The summed E-state index contributed by atoms with van der Waals surface area (Å²) in [7, 11) is 0. The molecule has 0 aliphatic heterocycles. The van der Waals surface area contributed by atoms with E-state index < -0.39 is 0 Å². The van der Waals surface area contributed by atoms with Gasteiger partial charge in [0.15, 0.2) is 5.96 Å². The molecule has 29 heavy (non-hydrogen) atoms. The van der Waals surface area contributed by atoms with Crippen molar-refractivity contribution in [2.24, 2.45) is 4.99 Å². The van der Waals surface area contributed by atoms with Crippen LogP contribution in [-0.2, 0) is 12.0 Å². The van der Waals surface area contributed by atoms with Crippen molar-refractivity contribution in [1.29, 1.82) is 0 Å². The maximum absolute atomic E-state index is 13.6. The van der Waals surface area contributed by atoms with Crippen molar-refractivity contribution in [3.63, 3.8) is 0 Å². The van der Waals surface area contributed by atoms with E-state index in [1.807, 2.05) is 44.2 Å². The van der Waals surface area contributed by atoms with Crippen LogP contribution in [0.3, 0.4) is 0 Å². The van der Waals surface area contributed by atoms with E-state index in [2.05, 4.69) is 20.9 Å². The fourth-order valence-corrected chi connectivity index (χ4v) is 3.33. The number of carbonyl (C=O) groups excluding carboxylic acids is 1. The topological polar surface area (TPSA) is 65.5 Å². The fourth-order valence-electron chi connectivity index (χ4n) is 3.33. The molecule has 1 fully saturated rings. The van der Waals surface area contributed by atoms with Gasteiger partial charge in [0.1, 0.15) is 5.82 Å². The molecule has 0 heterocycles. The average molecular weight is 397 g/mol. The second kappa shape index (κ2) is 9.54. The molecule has 0 spiro atoms. The molecule has 1 amide bonds. The SMILES string of the molecule is CCNC(=O)c1ccc(CN=C(NCC)NCC2(c3cccc(F)c3)CC2)cc1. The zero-order valence-corrected chi connectivity index (χ0v) is 17.1. The lowest BCUT2D eigenvalue weighted by molar-refractivity contribution is 0.0956. The molecule has 5 nitrogen and oxygen atoms in total. The van der Waals surface area contributed by atoms with Crippen LogP contribution < -0.4 is 16.0 Å². The lowest BCUT2D eigenvalue weighted by Gasteiger charge is -2.19. The Hall–Kier alpha value is -2.89. The standard InChI is InChI=1S/C23H29FN4O/c1-3-25-21(29)18-10-8-17(9-11-18)15-27-22(26-4-2)28-16-23(12-13-23)19-6-5-7-20(24)14-19/h5-11,14H,3-4,12-13,15-16H2,1-2H3,(H,25,29)(H2,26,27,28). The molecular formula is C23H29FN4O. The quantitative estimate of drug-likeness (QED) is 0.474. The molecule has 0 bridgehead atoms. The van der Waals surface area contributed by atoms with Crippen LogP contribution in [0, 0.1) is 5.82 Å². The molecule has 2 aromatic rings. The number of nitrogens with one attached hydrogen (secondary N) is 3. The number of rotatable bonds is 8. The van der Waals surface area contributed by atoms with Gasteiger partial charge in [-0.05, 0) is 62.1 Å². The minimum Gasteiger partial charge on any atom is -0.357 e. The van der Waals surface area contributed by atoms with Crippen LogP contribution in [0.1, 0.15) is 48.2 Å². The lowest BCUT2D eigenvalue weighted by atomic mass is 9.96. The zero-order valence-electron chi connectivity index (χ0n) is 17.1. The van der Waals surface area contributed by atoms with Crippen molar-refractivity contribution in [2.75, 3.05) is 19.6 Å². The summed E-state index contributed by atoms with van der Waals surface area (Å²) in [5.74, 6) is 0.484. The summed E-state index contributed by atoms with van der Waals surface area (Å²) in [4.78, 5) is 16.5. The number of carbonyl (C=O) groups is 1. The van der Waals surface area contributed by atoms with E-state index in [9.17, 15) is 9.18 Å². The van der Waals surface area contributed by atoms with Gasteiger partial charge in [0.2, 0.25) is 0 Å². The van der Waals surface area contributed by atoms with Gasteiger partial charge in [-0.3, -0.25) is 4.79 Å². The van der Waals surface area contributed by atoms with Crippen molar-refractivity contribution in [3.8, 4) is 0 Å². The van der Waals surface area contributed by atoms with Crippen LogP contribution in [0.4, 0.5) is 4.39 Å². The predicted molar refractivity (Wildman–Crippen MR) is 115 cm³/mol. The number of guanidine groups is 1. The van der Waals surface area contributed by atoms with Gasteiger partial charge in [0.25, 0.3) is 5.91 Å². The minimum atomic E-state index is -0.189. The first-order valence-electron chi connectivity index (χ1n) is 10.2.